The molecule has 0 saturated heterocycles. The van der Waals surface area contributed by atoms with Crippen molar-refractivity contribution in [3.05, 3.63) is 89.0 Å². The quantitative estimate of drug-likeness (QED) is 0.586. The van der Waals surface area contributed by atoms with Crippen LogP contribution in [0.3, 0.4) is 0 Å². The second kappa shape index (κ2) is 8.01. The Kier molecular flexibility index (Phi) is 5.33. The van der Waals surface area contributed by atoms with E-state index in [1.54, 1.807) is 4.90 Å². The Hall–Kier alpha value is -3.86. The largest absolute Gasteiger partial charge is 0.310 e. The number of aldehydes is 4. The van der Waals surface area contributed by atoms with Crippen molar-refractivity contribution in [2.45, 2.75) is 0 Å². The lowest BCUT2D eigenvalue weighted by Gasteiger charge is -2.27. The van der Waals surface area contributed by atoms with Crippen LogP contribution in [0.15, 0.2) is 66.7 Å². The Morgan fingerprint density at radius 2 is 1.04 bits per heavy atom. The summed E-state index contributed by atoms with van der Waals surface area (Å²) in [7, 11) is 0. The first-order valence-corrected chi connectivity index (χ1v) is 8.17. The number of nitrogens with zero attached hydrogens (tertiary/aromatic N) is 1. The molecule has 3 rings (SSSR count). The summed E-state index contributed by atoms with van der Waals surface area (Å²) in [6.45, 7) is 0. The average molecular weight is 357 g/mol. The van der Waals surface area contributed by atoms with Crippen molar-refractivity contribution in [3.63, 3.8) is 0 Å². The molecular formula is C22H15NO4. The van der Waals surface area contributed by atoms with E-state index in [-0.39, 0.29) is 22.3 Å². The number of hydrogen-bond donors (Lipinski definition) is 0. The zero-order valence-corrected chi connectivity index (χ0v) is 14.2. The maximum Gasteiger partial charge on any atom is 0.152 e. The molecule has 0 N–H and O–H groups in total. The van der Waals surface area contributed by atoms with Gasteiger partial charge in [-0.25, -0.2) is 0 Å². The molecule has 0 heterocycles. The van der Waals surface area contributed by atoms with Crippen LogP contribution >= 0.6 is 0 Å². The second-order valence-electron chi connectivity index (χ2n) is 5.70. The fourth-order valence-electron chi connectivity index (χ4n) is 2.99. The Balaban J connectivity index is 2.39. The van der Waals surface area contributed by atoms with E-state index in [1.807, 2.05) is 60.7 Å². The highest BCUT2D eigenvalue weighted by atomic mass is 16.1. The molecule has 3 aromatic rings. The molecular weight excluding hydrogens is 342 g/mol. The summed E-state index contributed by atoms with van der Waals surface area (Å²) in [5.74, 6) is 0. The van der Waals surface area contributed by atoms with Gasteiger partial charge >= 0.3 is 0 Å². The van der Waals surface area contributed by atoms with Gasteiger partial charge in [-0.1, -0.05) is 36.4 Å². The highest BCUT2D eigenvalue weighted by Crippen LogP contribution is 2.38. The molecule has 3 aromatic carbocycles. The molecule has 132 valence electrons. The third-order valence-corrected chi connectivity index (χ3v) is 4.21. The van der Waals surface area contributed by atoms with Gasteiger partial charge in [0, 0.05) is 33.6 Å². The molecule has 0 bridgehead atoms. The monoisotopic (exact) mass is 357 g/mol. The van der Waals surface area contributed by atoms with E-state index in [4.69, 9.17) is 0 Å². The molecule has 0 fully saturated rings. The van der Waals surface area contributed by atoms with Crippen LogP contribution in [0.1, 0.15) is 41.4 Å². The summed E-state index contributed by atoms with van der Waals surface area (Å²) >= 11 is 0. The predicted molar refractivity (Wildman–Crippen MR) is 103 cm³/mol. The highest BCUT2D eigenvalue weighted by Gasteiger charge is 2.22. The summed E-state index contributed by atoms with van der Waals surface area (Å²) in [6.07, 6.45) is 1.88. The SMILES string of the molecule is O=Cc1cc(N(c2ccccc2)c2ccccc2)c(C=O)c(C=O)c1C=O. The summed E-state index contributed by atoms with van der Waals surface area (Å²) in [6, 6.07) is 19.9. The zero-order chi connectivity index (χ0) is 19.2. The normalized spacial score (nSPS) is 10.1. The molecule has 0 atom stereocenters. The van der Waals surface area contributed by atoms with Gasteiger partial charge in [-0.3, -0.25) is 19.2 Å². The van der Waals surface area contributed by atoms with E-state index < -0.39 is 0 Å². The maximum atomic E-state index is 11.9. The number of carbonyl (C=O) groups excluding carboxylic acids is 4. The molecule has 5 nitrogen and oxygen atoms in total. The lowest BCUT2D eigenvalue weighted by atomic mass is 9.95. The number of carbonyl (C=O) groups is 4. The van der Waals surface area contributed by atoms with Crippen LogP contribution < -0.4 is 4.90 Å². The molecule has 0 aliphatic rings. The van der Waals surface area contributed by atoms with Gasteiger partial charge in [0.25, 0.3) is 0 Å². The van der Waals surface area contributed by atoms with Crippen molar-refractivity contribution in [2.75, 3.05) is 4.90 Å². The third kappa shape index (κ3) is 3.30. The zero-order valence-electron chi connectivity index (χ0n) is 14.2. The van der Waals surface area contributed by atoms with Gasteiger partial charge in [0.05, 0.1) is 5.69 Å². The molecule has 27 heavy (non-hydrogen) atoms. The molecule has 5 heteroatoms. The van der Waals surface area contributed by atoms with Crippen LogP contribution in [0.4, 0.5) is 17.1 Å². The first kappa shape index (κ1) is 17.9. The van der Waals surface area contributed by atoms with Gasteiger partial charge < -0.3 is 4.90 Å². The molecule has 0 spiro atoms. The summed E-state index contributed by atoms with van der Waals surface area (Å²) < 4.78 is 0. The summed E-state index contributed by atoms with van der Waals surface area (Å²) in [5.41, 5.74) is 1.72. The van der Waals surface area contributed by atoms with Crippen LogP contribution in [0.5, 0.6) is 0 Å². The van der Waals surface area contributed by atoms with Gasteiger partial charge in [-0.05, 0) is 30.3 Å². The summed E-state index contributed by atoms with van der Waals surface area (Å²) in [5, 5.41) is 0. The molecule has 0 unspecified atom stereocenters. The van der Waals surface area contributed by atoms with E-state index in [2.05, 4.69) is 0 Å². The van der Waals surface area contributed by atoms with Gasteiger partial charge in [0.15, 0.2) is 25.1 Å². The second-order valence-corrected chi connectivity index (χ2v) is 5.70. The Bertz CT molecular complexity index is 958. The van der Waals surface area contributed by atoms with Crippen molar-refractivity contribution in [1.82, 2.24) is 0 Å². The summed E-state index contributed by atoms with van der Waals surface area (Å²) in [4.78, 5) is 48.2. The van der Waals surface area contributed by atoms with Crippen LogP contribution in [-0.4, -0.2) is 25.1 Å². The lowest BCUT2D eigenvalue weighted by molar-refractivity contribution is 0.107. The van der Waals surface area contributed by atoms with Crippen LogP contribution in [0.2, 0.25) is 0 Å². The van der Waals surface area contributed by atoms with E-state index >= 15 is 0 Å². The van der Waals surface area contributed by atoms with E-state index in [0.717, 1.165) is 11.4 Å². The van der Waals surface area contributed by atoms with Crippen LogP contribution in [0, 0.1) is 0 Å². The van der Waals surface area contributed by atoms with Crippen LogP contribution in [0.25, 0.3) is 0 Å². The Morgan fingerprint density at radius 3 is 1.44 bits per heavy atom. The van der Waals surface area contributed by atoms with Gasteiger partial charge in [0.1, 0.15) is 0 Å². The molecule has 0 radical (unpaired) electrons. The Morgan fingerprint density at radius 1 is 0.556 bits per heavy atom. The number of rotatable bonds is 7. The minimum absolute atomic E-state index is 0.0459. The standard InChI is InChI=1S/C22H15NO4/c24-12-16-11-22(21(15-27)20(14-26)19(16)13-25)23(17-7-3-1-4-8-17)18-9-5-2-6-10-18/h1-15H. The third-order valence-electron chi connectivity index (χ3n) is 4.21. The molecule has 0 saturated carbocycles. The lowest BCUT2D eigenvalue weighted by Crippen LogP contribution is -2.15. The minimum atomic E-state index is -0.100. The number of para-hydroxylation sites is 2. The fourth-order valence-corrected chi connectivity index (χ4v) is 2.99. The van der Waals surface area contributed by atoms with Crippen molar-refractivity contribution in [3.8, 4) is 0 Å². The van der Waals surface area contributed by atoms with E-state index in [9.17, 15) is 19.2 Å². The van der Waals surface area contributed by atoms with E-state index in [0.29, 0.717) is 30.8 Å². The van der Waals surface area contributed by atoms with Crippen molar-refractivity contribution < 1.29 is 19.2 Å². The number of hydrogen-bond acceptors (Lipinski definition) is 5. The molecule has 0 aliphatic carbocycles. The van der Waals surface area contributed by atoms with Gasteiger partial charge in [-0.2, -0.15) is 0 Å². The smallest absolute Gasteiger partial charge is 0.152 e. The molecule has 0 aliphatic heterocycles. The predicted octanol–water partition coefficient (Wildman–Crippen LogP) is 4.41. The van der Waals surface area contributed by atoms with Crippen LogP contribution in [-0.2, 0) is 0 Å². The first-order valence-electron chi connectivity index (χ1n) is 8.17. The highest BCUT2D eigenvalue weighted by molar-refractivity contribution is 6.08. The van der Waals surface area contributed by atoms with Crippen molar-refractivity contribution >= 4 is 42.2 Å². The number of benzene rings is 3. The first-order chi connectivity index (χ1) is 13.2. The van der Waals surface area contributed by atoms with Crippen molar-refractivity contribution in [2.24, 2.45) is 0 Å². The minimum Gasteiger partial charge on any atom is -0.310 e. The fraction of sp³-hybridized carbons (Fsp3) is 0. The maximum absolute atomic E-state index is 11.9. The molecule has 0 amide bonds. The average Bonchev–Trinajstić information content (AvgIpc) is 2.74. The van der Waals surface area contributed by atoms with Gasteiger partial charge in [-0.15, -0.1) is 0 Å². The number of anilines is 3. The van der Waals surface area contributed by atoms with Gasteiger partial charge in [0.2, 0.25) is 0 Å². The van der Waals surface area contributed by atoms with Crippen molar-refractivity contribution in [1.29, 1.82) is 0 Å². The molecule has 0 aromatic heterocycles. The topological polar surface area (TPSA) is 71.5 Å². The Labute approximate surface area is 155 Å². The van der Waals surface area contributed by atoms with E-state index in [1.165, 1.54) is 6.07 Å².